The summed E-state index contributed by atoms with van der Waals surface area (Å²) in [6.07, 6.45) is 4.43. The molecule has 1 aromatic heterocycles. The van der Waals surface area contributed by atoms with Crippen molar-refractivity contribution in [2.24, 2.45) is 0 Å². The summed E-state index contributed by atoms with van der Waals surface area (Å²) in [6.45, 7) is 1.92. The molecule has 1 N–H and O–H groups in total. The second kappa shape index (κ2) is 10.7. The minimum atomic E-state index is 0.378. The van der Waals surface area contributed by atoms with Crippen molar-refractivity contribution in [2.45, 2.75) is 19.6 Å². The molecule has 0 saturated heterocycles. The molecule has 6 heteroatoms. The topological polar surface area (TPSA) is 52.6 Å². The standard InChI is InChI=1S/C23H25ClN2O3/c1-27-20-7-5-17(6-8-20)9-11-26-15-19-12-21(24)23(22(13-19)28-2)29-16-18-4-3-10-25-14-18/h3-8,10,12-14,26H,9,11,15-16H2,1-2H3. The van der Waals surface area contributed by atoms with E-state index in [1.54, 1.807) is 26.6 Å². The largest absolute Gasteiger partial charge is 0.497 e. The first-order valence-electron chi connectivity index (χ1n) is 9.41. The molecule has 0 aliphatic rings. The maximum Gasteiger partial charge on any atom is 0.180 e. The van der Waals surface area contributed by atoms with Crippen LogP contribution >= 0.6 is 11.6 Å². The van der Waals surface area contributed by atoms with Gasteiger partial charge < -0.3 is 19.5 Å². The van der Waals surface area contributed by atoms with Crippen LogP contribution in [-0.2, 0) is 19.6 Å². The molecule has 0 saturated carbocycles. The van der Waals surface area contributed by atoms with Gasteiger partial charge in [-0.2, -0.15) is 0 Å². The van der Waals surface area contributed by atoms with Crippen LogP contribution in [0.25, 0.3) is 0 Å². The highest BCUT2D eigenvalue weighted by molar-refractivity contribution is 6.32. The van der Waals surface area contributed by atoms with E-state index >= 15 is 0 Å². The average Bonchev–Trinajstić information content (AvgIpc) is 2.76. The van der Waals surface area contributed by atoms with E-state index in [0.29, 0.717) is 29.7 Å². The van der Waals surface area contributed by atoms with Crippen molar-refractivity contribution in [2.75, 3.05) is 20.8 Å². The predicted octanol–water partition coefficient (Wildman–Crippen LogP) is 4.66. The molecule has 0 fully saturated rings. The number of hydrogen-bond acceptors (Lipinski definition) is 5. The zero-order valence-electron chi connectivity index (χ0n) is 16.7. The summed E-state index contributed by atoms with van der Waals surface area (Å²) in [5.41, 5.74) is 3.26. The summed E-state index contributed by atoms with van der Waals surface area (Å²) >= 11 is 6.46. The smallest absolute Gasteiger partial charge is 0.180 e. The number of methoxy groups -OCH3 is 2. The van der Waals surface area contributed by atoms with Crippen LogP contribution < -0.4 is 19.5 Å². The fraction of sp³-hybridized carbons (Fsp3) is 0.261. The SMILES string of the molecule is COc1ccc(CCNCc2cc(Cl)c(OCc3cccnc3)c(OC)c2)cc1. The minimum Gasteiger partial charge on any atom is -0.497 e. The second-order valence-electron chi connectivity index (χ2n) is 6.53. The Hall–Kier alpha value is -2.76. The first kappa shape index (κ1) is 21.0. The molecule has 0 radical (unpaired) electrons. The van der Waals surface area contributed by atoms with E-state index in [0.717, 1.165) is 29.8 Å². The number of aromatic nitrogens is 1. The van der Waals surface area contributed by atoms with Gasteiger partial charge in [-0.15, -0.1) is 0 Å². The number of pyridine rings is 1. The molecule has 0 atom stereocenters. The van der Waals surface area contributed by atoms with E-state index in [1.807, 2.05) is 36.4 Å². The summed E-state index contributed by atoms with van der Waals surface area (Å²) in [4.78, 5) is 4.09. The molecule has 0 bridgehead atoms. The van der Waals surface area contributed by atoms with Crippen molar-refractivity contribution in [3.63, 3.8) is 0 Å². The molecular weight excluding hydrogens is 388 g/mol. The zero-order chi connectivity index (χ0) is 20.5. The van der Waals surface area contributed by atoms with E-state index in [4.69, 9.17) is 25.8 Å². The van der Waals surface area contributed by atoms with E-state index in [-0.39, 0.29) is 0 Å². The van der Waals surface area contributed by atoms with E-state index in [9.17, 15) is 0 Å². The van der Waals surface area contributed by atoms with Crippen LogP contribution in [-0.4, -0.2) is 25.7 Å². The molecule has 0 aliphatic heterocycles. The Labute approximate surface area is 176 Å². The van der Waals surface area contributed by atoms with Gasteiger partial charge in [-0.25, -0.2) is 0 Å². The molecule has 2 aromatic carbocycles. The molecule has 1 heterocycles. The number of nitrogens with zero attached hydrogens (tertiary/aromatic N) is 1. The van der Waals surface area contributed by atoms with Crippen LogP contribution in [0.4, 0.5) is 0 Å². The molecule has 152 valence electrons. The van der Waals surface area contributed by atoms with Crippen LogP contribution in [0.2, 0.25) is 5.02 Å². The maximum atomic E-state index is 6.46. The van der Waals surface area contributed by atoms with Crippen molar-refractivity contribution in [3.8, 4) is 17.2 Å². The molecule has 0 amide bonds. The van der Waals surface area contributed by atoms with Crippen LogP contribution in [0.5, 0.6) is 17.2 Å². The third-order valence-electron chi connectivity index (χ3n) is 4.47. The summed E-state index contributed by atoms with van der Waals surface area (Å²) in [5.74, 6) is 2.03. The van der Waals surface area contributed by atoms with Crippen LogP contribution in [0.3, 0.4) is 0 Å². The number of benzene rings is 2. The van der Waals surface area contributed by atoms with Gasteiger partial charge in [-0.3, -0.25) is 4.98 Å². The van der Waals surface area contributed by atoms with Crippen molar-refractivity contribution in [1.29, 1.82) is 0 Å². The molecule has 3 rings (SSSR count). The lowest BCUT2D eigenvalue weighted by Gasteiger charge is -2.14. The third-order valence-corrected chi connectivity index (χ3v) is 4.75. The Morgan fingerprint density at radius 1 is 0.966 bits per heavy atom. The number of rotatable bonds is 10. The summed E-state index contributed by atoms with van der Waals surface area (Å²) < 4.78 is 16.5. The summed E-state index contributed by atoms with van der Waals surface area (Å²) in [7, 11) is 3.29. The highest BCUT2D eigenvalue weighted by atomic mass is 35.5. The molecule has 5 nitrogen and oxygen atoms in total. The van der Waals surface area contributed by atoms with Gasteiger partial charge in [0.2, 0.25) is 0 Å². The normalized spacial score (nSPS) is 10.6. The highest BCUT2D eigenvalue weighted by Gasteiger charge is 2.12. The van der Waals surface area contributed by atoms with Gasteiger partial charge in [0.25, 0.3) is 0 Å². The van der Waals surface area contributed by atoms with E-state index in [1.165, 1.54) is 5.56 Å². The van der Waals surface area contributed by atoms with E-state index in [2.05, 4.69) is 22.4 Å². The second-order valence-corrected chi connectivity index (χ2v) is 6.94. The van der Waals surface area contributed by atoms with Crippen LogP contribution in [0.15, 0.2) is 60.9 Å². The molecule has 3 aromatic rings. The van der Waals surface area contributed by atoms with Crippen molar-refractivity contribution < 1.29 is 14.2 Å². The quantitative estimate of drug-likeness (QED) is 0.491. The van der Waals surface area contributed by atoms with Gasteiger partial charge in [0.15, 0.2) is 11.5 Å². The van der Waals surface area contributed by atoms with Gasteiger partial charge in [0.05, 0.1) is 19.2 Å². The molecule has 29 heavy (non-hydrogen) atoms. The average molecular weight is 413 g/mol. The van der Waals surface area contributed by atoms with Crippen molar-refractivity contribution in [3.05, 3.63) is 82.6 Å². The van der Waals surface area contributed by atoms with Gasteiger partial charge in [-0.1, -0.05) is 29.8 Å². The monoisotopic (exact) mass is 412 g/mol. The summed E-state index contributed by atoms with van der Waals surface area (Å²) in [5, 5.41) is 3.97. The van der Waals surface area contributed by atoms with E-state index < -0.39 is 0 Å². The zero-order valence-corrected chi connectivity index (χ0v) is 17.4. The Kier molecular flexibility index (Phi) is 7.73. The highest BCUT2D eigenvalue weighted by Crippen LogP contribution is 2.37. The number of nitrogens with one attached hydrogen (secondary N) is 1. The minimum absolute atomic E-state index is 0.378. The molecular formula is C23H25ClN2O3. The van der Waals surface area contributed by atoms with Gasteiger partial charge in [-0.05, 0) is 54.4 Å². The fourth-order valence-electron chi connectivity index (χ4n) is 2.91. The molecule has 0 spiro atoms. The first-order valence-corrected chi connectivity index (χ1v) is 9.79. The van der Waals surface area contributed by atoms with Crippen LogP contribution in [0.1, 0.15) is 16.7 Å². The van der Waals surface area contributed by atoms with Gasteiger partial charge >= 0.3 is 0 Å². The first-order chi connectivity index (χ1) is 14.2. The number of halogens is 1. The van der Waals surface area contributed by atoms with Crippen molar-refractivity contribution >= 4 is 11.6 Å². The Morgan fingerprint density at radius 3 is 2.48 bits per heavy atom. The third kappa shape index (κ3) is 6.11. The lowest BCUT2D eigenvalue weighted by molar-refractivity contribution is 0.284. The Morgan fingerprint density at radius 2 is 1.79 bits per heavy atom. The van der Waals surface area contributed by atoms with Crippen LogP contribution in [0, 0.1) is 0 Å². The Bertz CT molecular complexity index is 902. The maximum absolute atomic E-state index is 6.46. The number of hydrogen-bond donors (Lipinski definition) is 1. The Balaban J connectivity index is 1.54. The fourth-order valence-corrected chi connectivity index (χ4v) is 3.20. The van der Waals surface area contributed by atoms with Gasteiger partial charge in [0, 0.05) is 24.5 Å². The molecule has 0 unspecified atom stereocenters. The summed E-state index contributed by atoms with van der Waals surface area (Å²) in [6, 6.07) is 15.8. The van der Waals surface area contributed by atoms with Crippen molar-refractivity contribution in [1.82, 2.24) is 10.3 Å². The predicted molar refractivity (Wildman–Crippen MR) is 115 cm³/mol. The lowest BCUT2D eigenvalue weighted by Crippen LogP contribution is -2.16. The van der Waals surface area contributed by atoms with Gasteiger partial charge in [0.1, 0.15) is 12.4 Å². The lowest BCUT2D eigenvalue weighted by atomic mass is 10.1. The molecule has 0 aliphatic carbocycles. The number of ether oxygens (including phenoxy) is 3.